The zero-order valence-electron chi connectivity index (χ0n) is 10.3. The molecule has 0 bridgehead atoms. The van der Waals surface area contributed by atoms with E-state index in [4.69, 9.17) is 23.2 Å². The van der Waals surface area contributed by atoms with Crippen LogP contribution in [0.4, 0.5) is 5.69 Å². The molecule has 1 aromatic rings. The van der Waals surface area contributed by atoms with Gasteiger partial charge in [0, 0.05) is 0 Å². The van der Waals surface area contributed by atoms with Gasteiger partial charge in [0.15, 0.2) is 0 Å². The maximum Gasteiger partial charge on any atom is 0.319 e. The van der Waals surface area contributed by atoms with E-state index in [-0.39, 0.29) is 5.69 Å². The maximum absolute atomic E-state index is 12.2. The van der Waals surface area contributed by atoms with Gasteiger partial charge in [-0.1, -0.05) is 35.7 Å². The van der Waals surface area contributed by atoms with Crippen LogP contribution in [-0.2, 0) is 9.59 Å². The Morgan fingerprint density at radius 1 is 1.32 bits per heavy atom. The number of halogens is 2. The third-order valence-electron chi connectivity index (χ3n) is 3.57. The van der Waals surface area contributed by atoms with Crippen molar-refractivity contribution in [1.82, 2.24) is 0 Å². The first-order valence-electron chi connectivity index (χ1n) is 5.88. The van der Waals surface area contributed by atoms with Gasteiger partial charge in [0.1, 0.15) is 5.41 Å². The molecule has 0 unspecified atom stereocenters. The number of carbonyl (C=O) groups excluding carboxylic acids is 1. The summed E-state index contributed by atoms with van der Waals surface area (Å²) in [6.07, 6.45) is 1.42. The smallest absolute Gasteiger partial charge is 0.319 e. The SMILES string of the molecule is Cc1ccc(Cl)c(NC(=O)C2(C(=O)O)CCC2)c1Cl. The molecule has 0 radical (unpaired) electrons. The van der Waals surface area contributed by atoms with E-state index < -0.39 is 17.3 Å². The largest absolute Gasteiger partial charge is 0.480 e. The molecule has 1 aliphatic carbocycles. The summed E-state index contributed by atoms with van der Waals surface area (Å²) in [4.78, 5) is 23.4. The molecule has 19 heavy (non-hydrogen) atoms. The minimum Gasteiger partial charge on any atom is -0.480 e. The second kappa shape index (κ2) is 5.02. The van der Waals surface area contributed by atoms with E-state index >= 15 is 0 Å². The first-order chi connectivity index (χ1) is 8.88. The van der Waals surface area contributed by atoms with Crippen molar-refractivity contribution < 1.29 is 14.7 Å². The number of nitrogens with one attached hydrogen (secondary N) is 1. The van der Waals surface area contributed by atoms with Gasteiger partial charge in [-0.2, -0.15) is 0 Å². The van der Waals surface area contributed by atoms with Crippen LogP contribution in [0.2, 0.25) is 10.0 Å². The predicted octanol–water partition coefficient (Wildman–Crippen LogP) is 3.50. The fourth-order valence-corrected chi connectivity index (χ4v) is 2.54. The molecular weight excluding hydrogens is 289 g/mol. The summed E-state index contributed by atoms with van der Waals surface area (Å²) in [5, 5.41) is 12.4. The quantitative estimate of drug-likeness (QED) is 0.840. The number of aryl methyl sites for hydroxylation is 1. The molecule has 0 saturated heterocycles. The number of amides is 1. The fourth-order valence-electron chi connectivity index (χ4n) is 2.07. The Labute approximate surface area is 120 Å². The molecule has 1 aromatic carbocycles. The van der Waals surface area contributed by atoms with Crippen molar-refractivity contribution in [3.05, 3.63) is 27.7 Å². The molecule has 0 aliphatic heterocycles. The van der Waals surface area contributed by atoms with Gasteiger partial charge in [-0.05, 0) is 31.4 Å². The fraction of sp³-hybridized carbons (Fsp3) is 0.385. The van der Waals surface area contributed by atoms with Crippen molar-refractivity contribution in [3.63, 3.8) is 0 Å². The maximum atomic E-state index is 12.2. The lowest BCUT2D eigenvalue weighted by atomic mass is 9.68. The molecule has 102 valence electrons. The first kappa shape index (κ1) is 14.2. The Morgan fingerprint density at radius 2 is 1.95 bits per heavy atom. The van der Waals surface area contributed by atoms with Gasteiger partial charge in [0.05, 0.1) is 15.7 Å². The van der Waals surface area contributed by atoms with Crippen LogP contribution in [0.25, 0.3) is 0 Å². The summed E-state index contributed by atoms with van der Waals surface area (Å²) in [5.41, 5.74) is -0.295. The molecule has 1 saturated carbocycles. The van der Waals surface area contributed by atoms with Crippen LogP contribution in [0.15, 0.2) is 12.1 Å². The summed E-state index contributed by atoms with van der Waals surface area (Å²) in [6.45, 7) is 1.78. The lowest BCUT2D eigenvalue weighted by Crippen LogP contribution is -2.48. The molecule has 0 spiro atoms. The minimum absolute atomic E-state index is 0.279. The molecule has 2 N–H and O–H groups in total. The standard InChI is InChI=1S/C13H13Cl2NO3/c1-7-3-4-8(14)10(9(7)15)16-11(17)13(12(18)19)5-2-6-13/h3-4H,2,5-6H2,1H3,(H,16,17)(H,18,19). The van der Waals surface area contributed by atoms with Crippen LogP contribution >= 0.6 is 23.2 Å². The van der Waals surface area contributed by atoms with Gasteiger partial charge in [0.2, 0.25) is 5.91 Å². The number of hydrogen-bond acceptors (Lipinski definition) is 2. The molecule has 1 fully saturated rings. The van der Waals surface area contributed by atoms with Crippen molar-refractivity contribution in [2.24, 2.45) is 5.41 Å². The third-order valence-corrected chi connectivity index (χ3v) is 4.38. The molecule has 1 aliphatic rings. The Balaban J connectivity index is 2.29. The number of carboxylic acids is 1. The van der Waals surface area contributed by atoms with Crippen LogP contribution in [0, 0.1) is 12.3 Å². The monoisotopic (exact) mass is 301 g/mol. The highest BCUT2D eigenvalue weighted by atomic mass is 35.5. The van der Waals surface area contributed by atoms with Crippen molar-refractivity contribution in [2.75, 3.05) is 5.32 Å². The zero-order valence-corrected chi connectivity index (χ0v) is 11.8. The van der Waals surface area contributed by atoms with Crippen LogP contribution in [-0.4, -0.2) is 17.0 Å². The normalized spacial score (nSPS) is 16.6. The van der Waals surface area contributed by atoms with Gasteiger partial charge in [-0.3, -0.25) is 9.59 Å². The van der Waals surface area contributed by atoms with Crippen molar-refractivity contribution in [3.8, 4) is 0 Å². The number of rotatable bonds is 3. The first-order valence-corrected chi connectivity index (χ1v) is 6.63. The van der Waals surface area contributed by atoms with E-state index in [1.807, 2.05) is 0 Å². The molecule has 1 amide bonds. The van der Waals surface area contributed by atoms with Gasteiger partial charge in [0.25, 0.3) is 0 Å². The Kier molecular flexibility index (Phi) is 3.74. The molecule has 0 atom stereocenters. The van der Waals surface area contributed by atoms with Gasteiger partial charge >= 0.3 is 5.97 Å². The summed E-state index contributed by atoms with van der Waals surface area (Å²) in [5.74, 6) is -1.66. The average molecular weight is 302 g/mol. The third kappa shape index (κ3) is 2.30. The number of carboxylic acid groups (broad SMARTS) is 1. The van der Waals surface area contributed by atoms with E-state index in [0.717, 1.165) is 12.0 Å². The minimum atomic E-state index is -1.34. The molecule has 4 nitrogen and oxygen atoms in total. The molecule has 0 heterocycles. The number of anilines is 1. The number of hydrogen-bond donors (Lipinski definition) is 2. The molecular formula is C13H13Cl2NO3. The van der Waals surface area contributed by atoms with E-state index in [9.17, 15) is 14.7 Å². The highest BCUT2D eigenvalue weighted by molar-refractivity contribution is 6.40. The number of aliphatic carboxylic acids is 1. The molecule has 6 heteroatoms. The Bertz CT molecular complexity index is 553. The van der Waals surface area contributed by atoms with E-state index in [1.54, 1.807) is 19.1 Å². The van der Waals surface area contributed by atoms with Crippen LogP contribution in [0.5, 0.6) is 0 Å². The second-order valence-electron chi connectivity index (χ2n) is 4.75. The highest BCUT2D eigenvalue weighted by Crippen LogP contribution is 2.43. The topological polar surface area (TPSA) is 66.4 Å². The van der Waals surface area contributed by atoms with E-state index in [2.05, 4.69) is 5.32 Å². The molecule has 0 aromatic heterocycles. The van der Waals surface area contributed by atoms with Gasteiger partial charge < -0.3 is 10.4 Å². The van der Waals surface area contributed by atoms with Crippen molar-refractivity contribution in [1.29, 1.82) is 0 Å². The van der Waals surface area contributed by atoms with Crippen LogP contribution in [0.3, 0.4) is 0 Å². The number of benzene rings is 1. The van der Waals surface area contributed by atoms with Crippen molar-refractivity contribution in [2.45, 2.75) is 26.2 Å². The van der Waals surface area contributed by atoms with Gasteiger partial charge in [-0.25, -0.2) is 0 Å². The zero-order chi connectivity index (χ0) is 14.2. The lowest BCUT2D eigenvalue weighted by molar-refractivity contribution is -0.159. The van der Waals surface area contributed by atoms with Gasteiger partial charge in [-0.15, -0.1) is 0 Å². The lowest BCUT2D eigenvalue weighted by Gasteiger charge is -2.35. The Hall–Kier alpha value is -1.26. The van der Waals surface area contributed by atoms with E-state index in [1.165, 1.54) is 0 Å². The predicted molar refractivity (Wildman–Crippen MR) is 73.7 cm³/mol. The van der Waals surface area contributed by atoms with Crippen molar-refractivity contribution >= 4 is 40.8 Å². The summed E-state index contributed by atoms with van der Waals surface area (Å²) in [6, 6.07) is 3.35. The summed E-state index contributed by atoms with van der Waals surface area (Å²) < 4.78 is 0. The van der Waals surface area contributed by atoms with Crippen LogP contribution in [0.1, 0.15) is 24.8 Å². The summed E-state index contributed by atoms with van der Waals surface area (Å²) >= 11 is 12.1. The number of carbonyl (C=O) groups is 2. The van der Waals surface area contributed by atoms with Crippen LogP contribution < -0.4 is 5.32 Å². The highest BCUT2D eigenvalue weighted by Gasteiger charge is 2.51. The molecule has 2 rings (SSSR count). The summed E-state index contributed by atoms with van der Waals surface area (Å²) in [7, 11) is 0. The average Bonchev–Trinajstić information content (AvgIpc) is 2.27. The van der Waals surface area contributed by atoms with E-state index in [0.29, 0.717) is 22.9 Å². The second-order valence-corrected chi connectivity index (χ2v) is 5.53. The Morgan fingerprint density at radius 3 is 2.42 bits per heavy atom.